The summed E-state index contributed by atoms with van der Waals surface area (Å²) in [7, 11) is 0. The lowest BCUT2D eigenvalue weighted by Gasteiger charge is -2.32. The van der Waals surface area contributed by atoms with Gasteiger partial charge < -0.3 is 10.0 Å². The van der Waals surface area contributed by atoms with Crippen LogP contribution in [-0.4, -0.2) is 35.6 Å². The molecule has 19 heavy (non-hydrogen) atoms. The summed E-state index contributed by atoms with van der Waals surface area (Å²) in [6.45, 7) is 1.60. The molecule has 0 saturated carbocycles. The maximum absolute atomic E-state index is 13.1. The van der Waals surface area contributed by atoms with Crippen LogP contribution >= 0.6 is 22.6 Å². The smallest absolute Gasteiger partial charge is 0.254 e. The standard InChI is InChI=1S/C14H17FINO2/c15-11-3-4-12(13(16)8-11)14(19)17-6-1-2-10(9-17)5-7-18/h3-4,8,10,18H,1-2,5-7,9H2. The highest BCUT2D eigenvalue weighted by Gasteiger charge is 2.25. The molecule has 2 rings (SSSR count). The molecule has 104 valence electrons. The highest BCUT2D eigenvalue weighted by atomic mass is 127. The molecule has 1 fully saturated rings. The molecule has 1 atom stereocenters. The number of aliphatic hydroxyl groups excluding tert-OH is 1. The van der Waals surface area contributed by atoms with E-state index in [2.05, 4.69) is 0 Å². The van der Waals surface area contributed by atoms with Gasteiger partial charge in [0.1, 0.15) is 5.82 Å². The lowest BCUT2D eigenvalue weighted by atomic mass is 9.94. The molecule has 1 saturated heterocycles. The van der Waals surface area contributed by atoms with Crippen LogP contribution in [0.5, 0.6) is 0 Å². The molecule has 5 heteroatoms. The van der Waals surface area contributed by atoms with Gasteiger partial charge in [0.05, 0.1) is 5.56 Å². The number of nitrogens with zero attached hydrogens (tertiary/aromatic N) is 1. The maximum atomic E-state index is 13.1. The van der Waals surface area contributed by atoms with E-state index in [-0.39, 0.29) is 18.3 Å². The Kier molecular flexibility index (Phi) is 5.15. The van der Waals surface area contributed by atoms with Gasteiger partial charge in [0, 0.05) is 23.3 Å². The lowest BCUT2D eigenvalue weighted by molar-refractivity contribution is 0.0652. The number of rotatable bonds is 3. The lowest BCUT2D eigenvalue weighted by Crippen LogP contribution is -2.40. The van der Waals surface area contributed by atoms with Crippen LogP contribution < -0.4 is 0 Å². The Bertz CT molecular complexity index is 465. The Morgan fingerprint density at radius 3 is 3.00 bits per heavy atom. The monoisotopic (exact) mass is 377 g/mol. The van der Waals surface area contributed by atoms with Crippen LogP contribution in [0.2, 0.25) is 0 Å². The molecular weight excluding hydrogens is 360 g/mol. The van der Waals surface area contributed by atoms with Crippen LogP contribution in [0, 0.1) is 15.3 Å². The van der Waals surface area contributed by atoms with Gasteiger partial charge in [-0.15, -0.1) is 0 Å². The van der Waals surface area contributed by atoms with Crippen molar-refractivity contribution in [1.82, 2.24) is 4.90 Å². The first kappa shape index (κ1) is 14.7. The molecule has 1 amide bonds. The highest BCUT2D eigenvalue weighted by molar-refractivity contribution is 14.1. The number of amides is 1. The topological polar surface area (TPSA) is 40.5 Å². The van der Waals surface area contributed by atoms with Crippen molar-refractivity contribution in [3.05, 3.63) is 33.1 Å². The molecule has 1 N–H and O–H groups in total. The molecule has 1 heterocycles. The van der Waals surface area contributed by atoms with Gasteiger partial charge in [-0.3, -0.25) is 4.79 Å². The molecule has 3 nitrogen and oxygen atoms in total. The third kappa shape index (κ3) is 3.66. The van der Waals surface area contributed by atoms with Gasteiger partial charge in [-0.25, -0.2) is 4.39 Å². The number of likely N-dealkylation sites (tertiary alicyclic amines) is 1. The van der Waals surface area contributed by atoms with E-state index >= 15 is 0 Å². The summed E-state index contributed by atoms with van der Waals surface area (Å²) in [6, 6.07) is 4.25. The molecular formula is C14H17FINO2. The molecule has 1 aliphatic rings. The van der Waals surface area contributed by atoms with E-state index in [1.165, 1.54) is 12.1 Å². The second-order valence-corrected chi connectivity index (χ2v) is 6.06. The minimum atomic E-state index is -0.322. The summed E-state index contributed by atoms with van der Waals surface area (Å²) in [5.41, 5.74) is 0.562. The molecule has 0 aliphatic carbocycles. The van der Waals surface area contributed by atoms with Crippen molar-refractivity contribution >= 4 is 28.5 Å². The van der Waals surface area contributed by atoms with E-state index in [0.717, 1.165) is 25.8 Å². The van der Waals surface area contributed by atoms with Crippen molar-refractivity contribution in [3.63, 3.8) is 0 Å². The summed E-state index contributed by atoms with van der Waals surface area (Å²) in [6.07, 6.45) is 2.77. The Morgan fingerprint density at radius 2 is 2.32 bits per heavy atom. The van der Waals surface area contributed by atoms with Gasteiger partial charge in [0.25, 0.3) is 5.91 Å². The van der Waals surface area contributed by atoms with E-state index in [1.54, 1.807) is 6.07 Å². The zero-order valence-corrected chi connectivity index (χ0v) is 12.8. The Morgan fingerprint density at radius 1 is 1.53 bits per heavy atom. The fourth-order valence-corrected chi connectivity index (χ4v) is 3.21. The van der Waals surface area contributed by atoms with Gasteiger partial charge in [-0.1, -0.05) is 0 Å². The van der Waals surface area contributed by atoms with Gasteiger partial charge in [-0.2, -0.15) is 0 Å². The highest BCUT2D eigenvalue weighted by Crippen LogP contribution is 2.23. The van der Waals surface area contributed by atoms with Crippen LogP contribution in [0.3, 0.4) is 0 Å². The SMILES string of the molecule is O=C(c1ccc(F)cc1I)N1CCCC(CCO)C1. The van der Waals surface area contributed by atoms with Crippen molar-refractivity contribution in [3.8, 4) is 0 Å². The first-order chi connectivity index (χ1) is 9.11. The van der Waals surface area contributed by atoms with Crippen molar-refractivity contribution in [2.24, 2.45) is 5.92 Å². The van der Waals surface area contributed by atoms with E-state index in [9.17, 15) is 9.18 Å². The average Bonchev–Trinajstić information content (AvgIpc) is 2.39. The number of carbonyl (C=O) groups is 1. The fraction of sp³-hybridized carbons (Fsp3) is 0.500. The van der Waals surface area contributed by atoms with E-state index in [0.29, 0.717) is 21.6 Å². The Hall–Kier alpha value is -0.690. The molecule has 1 aromatic carbocycles. The molecule has 0 bridgehead atoms. The van der Waals surface area contributed by atoms with Crippen LogP contribution in [0.1, 0.15) is 29.6 Å². The second kappa shape index (κ2) is 6.65. The number of hydrogen-bond donors (Lipinski definition) is 1. The minimum absolute atomic E-state index is 0.0351. The number of benzene rings is 1. The number of halogens is 2. The van der Waals surface area contributed by atoms with Crippen molar-refractivity contribution < 1.29 is 14.3 Å². The minimum Gasteiger partial charge on any atom is -0.396 e. The molecule has 0 radical (unpaired) electrons. The van der Waals surface area contributed by atoms with Crippen molar-refractivity contribution in [2.45, 2.75) is 19.3 Å². The largest absolute Gasteiger partial charge is 0.396 e. The van der Waals surface area contributed by atoms with E-state index in [1.807, 2.05) is 27.5 Å². The van der Waals surface area contributed by atoms with Crippen LogP contribution in [0.4, 0.5) is 4.39 Å². The maximum Gasteiger partial charge on any atom is 0.254 e. The van der Waals surface area contributed by atoms with Gasteiger partial charge in [-0.05, 0) is 66.0 Å². The average molecular weight is 377 g/mol. The molecule has 1 unspecified atom stereocenters. The van der Waals surface area contributed by atoms with Gasteiger partial charge in [0.15, 0.2) is 0 Å². The number of hydrogen-bond acceptors (Lipinski definition) is 2. The summed E-state index contributed by atoms with van der Waals surface area (Å²) >= 11 is 1.99. The van der Waals surface area contributed by atoms with Gasteiger partial charge in [0.2, 0.25) is 0 Å². The van der Waals surface area contributed by atoms with Gasteiger partial charge >= 0.3 is 0 Å². The second-order valence-electron chi connectivity index (χ2n) is 4.90. The number of aliphatic hydroxyl groups is 1. The number of carbonyl (C=O) groups excluding carboxylic acids is 1. The molecule has 0 aromatic heterocycles. The van der Waals surface area contributed by atoms with Crippen molar-refractivity contribution in [2.75, 3.05) is 19.7 Å². The third-order valence-electron chi connectivity index (χ3n) is 3.51. The van der Waals surface area contributed by atoms with Crippen molar-refractivity contribution in [1.29, 1.82) is 0 Å². The van der Waals surface area contributed by atoms with Crippen LogP contribution in [-0.2, 0) is 0 Å². The Labute approximate surface area is 125 Å². The predicted octanol–water partition coefficient (Wildman–Crippen LogP) is 2.66. The molecule has 1 aliphatic heterocycles. The van der Waals surface area contributed by atoms with Crippen LogP contribution in [0.15, 0.2) is 18.2 Å². The summed E-state index contributed by atoms with van der Waals surface area (Å²) in [5, 5.41) is 8.99. The molecule has 0 spiro atoms. The first-order valence-corrected chi connectivity index (χ1v) is 7.55. The summed E-state index contributed by atoms with van der Waals surface area (Å²) in [4.78, 5) is 14.2. The summed E-state index contributed by atoms with van der Waals surface area (Å²) in [5.74, 6) is 0.0191. The summed E-state index contributed by atoms with van der Waals surface area (Å²) < 4.78 is 13.7. The van der Waals surface area contributed by atoms with E-state index < -0.39 is 0 Å². The zero-order chi connectivity index (χ0) is 13.8. The predicted molar refractivity (Wildman–Crippen MR) is 79.4 cm³/mol. The zero-order valence-electron chi connectivity index (χ0n) is 10.6. The van der Waals surface area contributed by atoms with E-state index in [4.69, 9.17) is 5.11 Å². The number of piperidine rings is 1. The third-order valence-corrected chi connectivity index (χ3v) is 4.40. The normalized spacial score (nSPS) is 19.5. The van der Waals surface area contributed by atoms with Crippen LogP contribution in [0.25, 0.3) is 0 Å². The molecule has 1 aromatic rings. The first-order valence-electron chi connectivity index (χ1n) is 6.47. The fourth-order valence-electron chi connectivity index (χ4n) is 2.50. The Balaban J connectivity index is 2.10. The quantitative estimate of drug-likeness (QED) is 0.823.